The minimum Gasteiger partial charge on any atom is -0.495 e. The number of aromatic nitrogens is 2. The molecular formula is C21H22N4O2. The first-order valence-corrected chi connectivity index (χ1v) is 8.74. The van der Waals surface area contributed by atoms with Crippen LogP contribution in [-0.2, 0) is 6.42 Å². The minimum atomic E-state index is -0.326. The third-order valence-electron chi connectivity index (χ3n) is 4.14. The van der Waals surface area contributed by atoms with E-state index in [2.05, 4.69) is 27.5 Å². The number of para-hydroxylation sites is 1. The van der Waals surface area contributed by atoms with E-state index in [0.29, 0.717) is 17.4 Å². The van der Waals surface area contributed by atoms with E-state index in [1.807, 2.05) is 49.4 Å². The van der Waals surface area contributed by atoms with Crippen molar-refractivity contribution in [2.45, 2.75) is 20.3 Å². The zero-order valence-corrected chi connectivity index (χ0v) is 15.6. The fourth-order valence-electron chi connectivity index (χ4n) is 2.72. The van der Waals surface area contributed by atoms with Crippen LogP contribution in [0.15, 0.2) is 54.7 Å². The van der Waals surface area contributed by atoms with Gasteiger partial charge >= 0.3 is 0 Å². The Morgan fingerprint density at radius 1 is 1.11 bits per heavy atom. The van der Waals surface area contributed by atoms with Crippen LogP contribution in [0.5, 0.6) is 5.75 Å². The maximum atomic E-state index is 12.6. The largest absolute Gasteiger partial charge is 0.495 e. The van der Waals surface area contributed by atoms with Gasteiger partial charge in [0.05, 0.1) is 12.8 Å². The molecule has 0 saturated carbocycles. The number of benzene rings is 2. The maximum absolute atomic E-state index is 12.6. The molecule has 2 N–H and O–H groups in total. The van der Waals surface area contributed by atoms with Gasteiger partial charge in [-0.15, -0.1) is 0 Å². The topological polar surface area (TPSA) is 76.1 Å². The standard InChI is InChI=1S/C21H22N4O2/c1-4-15-7-5-6-8-16(15)24-21-22-12-11-17(25-21)20(26)23-18-13-14(2)9-10-19(18)27-3/h5-13H,4H2,1-3H3,(H,23,26)(H,22,24,25). The second kappa shape index (κ2) is 8.31. The van der Waals surface area contributed by atoms with Crippen LogP contribution in [-0.4, -0.2) is 23.0 Å². The third kappa shape index (κ3) is 4.41. The molecule has 0 aliphatic rings. The van der Waals surface area contributed by atoms with Crippen LogP contribution < -0.4 is 15.4 Å². The van der Waals surface area contributed by atoms with Gasteiger partial charge in [-0.25, -0.2) is 9.97 Å². The van der Waals surface area contributed by atoms with E-state index in [0.717, 1.165) is 23.2 Å². The van der Waals surface area contributed by atoms with Crippen molar-refractivity contribution in [2.24, 2.45) is 0 Å². The van der Waals surface area contributed by atoms with Crippen LogP contribution in [0.1, 0.15) is 28.5 Å². The number of nitrogens with one attached hydrogen (secondary N) is 2. The fraction of sp³-hybridized carbons (Fsp3) is 0.190. The van der Waals surface area contributed by atoms with Crippen LogP contribution in [0.4, 0.5) is 17.3 Å². The first-order valence-electron chi connectivity index (χ1n) is 8.74. The lowest BCUT2D eigenvalue weighted by atomic mass is 10.1. The molecule has 0 bridgehead atoms. The zero-order chi connectivity index (χ0) is 19.2. The summed E-state index contributed by atoms with van der Waals surface area (Å²) in [4.78, 5) is 21.2. The molecule has 0 aliphatic heterocycles. The second-order valence-corrected chi connectivity index (χ2v) is 6.06. The Labute approximate surface area is 158 Å². The SMILES string of the molecule is CCc1ccccc1Nc1nccc(C(=O)Nc2cc(C)ccc2OC)n1. The number of rotatable bonds is 6. The minimum absolute atomic E-state index is 0.269. The predicted octanol–water partition coefficient (Wildman–Crippen LogP) is 4.35. The number of anilines is 3. The number of nitrogens with zero attached hydrogens (tertiary/aromatic N) is 2. The molecule has 3 rings (SSSR count). The van der Waals surface area contributed by atoms with Gasteiger partial charge in [-0.1, -0.05) is 31.2 Å². The smallest absolute Gasteiger partial charge is 0.274 e. The highest BCUT2D eigenvalue weighted by Gasteiger charge is 2.13. The van der Waals surface area contributed by atoms with E-state index in [1.165, 1.54) is 0 Å². The lowest BCUT2D eigenvalue weighted by Gasteiger charge is -2.12. The van der Waals surface area contributed by atoms with Gasteiger partial charge in [0.2, 0.25) is 5.95 Å². The number of carbonyl (C=O) groups is 1. The number of aryl methyl sites for hydroxylation is 2. The highest BCUT2D eigenvalue weighted by atomic mass is 16.5. The summed E-state index contributed by atoms with van der Waals surface area (Å²) in [5, 5.41) is 6.04. The van der Waals surface area contributed by atoms with Crippen molar-refractivity contribution in [3.05, 3.63) is 71.5 Å². The molecule has 1 amide bonds. The van der Waals surface area contributed by atoms with E-state index >= 15 is 0 Å². The summed E-state index contributed by atoms with van der Waals surface area (Å²) >= 11 is 0. The Morgan fingerprint density at radius 3 is 2.70 bits per heavy atom. The lowest BCUT2D eigenvalue weighted by Crippen LogP contribution is -2.15. The van der Waals surface area contributed by atoms with Crippen molar-refractivity contribution in [2.75, 3.05) is 17.7 Å². The van der Waals surface area contributed by atoms with Gasteiger partial charge in [-0.3, -0.25) is 4.79 Å². The van der Waals surface area contributed by atoms with Gasteiger partial charge in [-0.2, -0.15) is 0 Å². The first-order chi connectivity index (χ1) is 13.1. The van der Waals surface area contributed by atoms with Gasteiger partial charge in [0.15, 0.2) is 0 Å². The van der Waals surface area contributed by atoms with Gasteiger partial charge in [0, 0.05) is 11.9 Å². The summed E-state index contributed by atoms with van der Waals surface area (Å²) < 4.78 is 5.31. The van der Waals surface area contributed by atoms with Gasteiger partial charge in [-0.05, 0) is 48.7 Å². The van der Waals surface area contributed by atoms with Crippen molar-refractivity contribution in [3.63, 3.8) is 0 Å². The Morgan fingerprint density at radius 2 is 1.93 bits per heavy atom. The summed E-state index contributed by atoms with van der Waals surface area (Å²) in [5.41, 5.74) is 3.97. The van der Waals surface area contributed by atoms with Crippen LogP contribution in [0.25, 0.3) is 0 Å². The number of carbonyl (C=O) groups excluding carboxylic acids is 1. The monoisotopic (exact) mass is 362 g/mol. The normalized spacial score (nSPS) is 10.3. The average Bonchev–Trinajstić information content (AvgIpc) is 2.69. The number of hydrogen-bond acceptors (Lipinski definition) is 5. The molecule has 0 fully saturated rings. The molecule has 2 aromatic carbocycles. The van der Waals surface area contributed by atoms with E-state index in [4.69, 9.17) is 4.74 Å². The molecule has 3 aromatic rings. The van der Waals surface area contributed by atoms with Crippen molar-refractivity contribution in [1.82, 2.24) is 9.97 Å². The van der Waals surface area contributed by atoms with Gasteiger partial charge in [0.25, 0.3) is 5.91 Å². The highest BCUT2D eigenvalue weighted by molar-refractivity contribution is 6.03. The van der Waals surface area contributed by atoms with Crippen molar-refractivity contribution < 1.29 is 9.53 Å². The Bertz CT molecular complexity index is 956. The molecule has 6 nitrogen and oxygen atoms in total. The van der Waals surface area contributed by atoms with Crippen molar-refractivity contribution >= 4 is 23.2 Å². The van der Waals surface area contributed by atoms with E-state index in [9.17, 15) is 4.79 Å². The molecule has 138 valence electrons. The number of methoxy groups -OCH3 is 1. The first kappa shape index (κ1) is 18.4. The predicted molar refractivity (Wildman–Crippen MR) is 107 cm³/mol. The fourth-order valence-corrected chi connectivity index (χ4v) is 2.72. The summed E-state index contributed by atoms with van der Waals surface area (Å²) in [5.74, 6) is 0.645. The number of ether oxygens (including phenoxy) is 1. The average molecular weight is 362 g/mol. The highest BCUT2D eigenvalue weighted by Crippen LogP contribution is 2.26. The van der Waals surface area contributed by atoms with Crippen molar-refractivity contribution in [1.29, 1.82) is 0 Å². The van der Waals surface area contributed by atoms with Crippen LogP contribution in [0, 0.1) is 6.92 Å². The van der Waals surface area contributed by atoms with Gasteiger partial charge in [0.1, 0.15) is 11.4 Å². The van der Waals surface area contributed by atoms with Crippen LogP contribution >= 0.6 is 0 Å². The third-order valence-corrected chi connectivity index (χ3v) is 4.14. The summed E-state index contributed by atoms with van der Waals surface area (Å²) in [6.07, 6.45) is 2.45. The Kier molecular flexibility index (Phi) is 5.66. The molecule has 0 saturated heterocycles. The molecule has 27 heavy (non-hydrogen) atoms. The Hall–Kier alpha value is -3.41. The quantitative estimate of drug-likeness (QED) is 0.682. The molecule has 0 unspecified atom stereocenters. The second-order valence-electron chi connectivity index (χ2n) is 6.06. The molecule has 0 spiro atoms. The number of hydrogen-bond donors (Lipinski definition) is 2. The Balaban J connectivity index is 1.81. The molecule has 0 aliphatic carbocycles. The molecule has 1 heterocycles. The summed E-state index contributed by atoms with van der Waals surface area (Å²) in [7, 11) is 1.57. The van der Waals surface area contributed by atoms with E-state index in [-0.39, 0.29) is 11.6 Å². The van der Waals surface area contributed by atoms with Crippen molar-refractivity contribution in [3.8, 4) is 5.75 Å². The molecule has 0 atom stereocenters. The summed E-state index contributed by atoms with van der Waals surface area (Å²) in [6.45, 7) is 4.04. The molecule has 1 aromatic heterocycles. The van der Waals surface area contributed by atoms with E-state index in [1.54, 1.807) is 19.4 Å². The summed E-state index contributed by atoms with van der Waals surface area (Å²) in [6, 6.07) is 15.1. The van der Waals surface area contributed by atoms with Crippen LogP contribution in [0.2, 0.25) is 0 Å². The lowest BCUT2D eigenvalue weighted by molar-refractivity contribution is 0.102. The number of amides is 1. The molecular weight excluding hydrogens is 340 g/mol. The van der Waals surface area contributed by atoms with E-state index < -0.39 is 0 Å². The molecule has 6 heteroatoms. The molecule has 0 radical (unpaired) electrons. The maximum Gasteiger partial charge on any atom is 0.274 e. The van der Waals surface area contributed by atoms with Crippen LogP contribution in [0.3, 0.4) is 0 Å². The van der Waals surface area contributed by atoms with Gasteiger partial charge < -0.3 is 15.4 Å². The zero-order valence-electron chi connectivity index (χ0n) is 15.6.